The SMILES string of the molecule is CCC1CCC(N)(Cc2ccc(Br)s2)CC1. The molecular formula is C13H20BrNS. The van der Waals surface area contributed by atoms with Gasteiger partial charge in [-0.3, -0.25) is 0 Å². The highest BCUT2D eigenvalue weighted by Gasteiger charge is 2.31. The standard InChI is InChI=1S/C13H20BrNS/c1-2-10-5-7-13(15,8-6-10)9-11-3-4-12(14)16-11/h3-4,10H,2,5-9,15H2,1H3. The lowest BCUT2D eigenvalue weighted by molar-refractivity contribution is 0.229. The largest absolute Gasteiger partial charge is 0.325 e. The van der Waals surface area contributed by atoms with Crippen molar-refractivity contribution in [2.75, 3.05) is 0 Å². The molecule has 1 saturated carbocycles. The molecule has 16 heavy (non-hydrogen) atoms. The average Bonchev–Trinajstić information content (AvgIpc) is 2.64. The van der Waals surface area contributed by atoms with Gasteiger partial charge in [-0.1, -0.05) is 13.3 Å². The first-order valence-corrected chi connectivity index (χ1v) is 7.75. The van der Waals surface area contributed by atoms with Crippen LogP contribution in [0.1, 0.15) is 43.9 Å². The lowest BCUT2D eigenvalue weighted by Crippen LogP contribution is -2.45. The van der Waals surface area contributed by atoms with Crippen molar-refractivity contribution in [2.24, 2.45) is 11.7 Å². The minimum Gasteiger partial charge on any atom is -0.325 e. The Morgan fingerprint density at radius 1 is 1.44 bits per heavy atom. The van der Waals surface area contributed by atoms with Crippen molar-refractivity contribution in [3.05, 3.63) is 20.8 Å². The van der Waals surface area contributed by atoms with Gasteiger partial charge in [0.05, 0.1) is 3.79 Å². The maximum Gasteiger partial charge on any atom is 0.0701 e. The Hall–Kier alpha value is 0.140. The highest BCUT2D eigenvalue weighted by atomic mass is 79.9. The topological polar surface area (TPSA) is 26.0 Å². The van der Waals surface area contributed by atoms with Gasteiger partial charge in [0.1, 0.15) is 0 Å². The van der Waals surface area contributed by atoms with E-state index < -0.39 is 0 Å². The highest BCUT2D eigenvalue weighted by Crippen LogP contribution is 2.35. The number of hydrogen-bond acceptors (Lipinski definition) is 2. The summed E-state index contributed by atoms with van der Waals surface area (Å²) in [6.07, 6.45) is 7.40. The van der Waals surface area contributed by atoms with Crippen LogP contribution in [0.4, 0.5) is 0 Å². The number of rotatable bonds is 3. The van der Waals surface area contributed by atoms with Crippen LogP contribution in [0.15, 0.2) is 15.9 Å². The highest BCUT2D eigenvalue weighted by molar-refractivity contribution is 9.11. The van der Waals surface area contributed by atoms with E-state index in [1.165, 1.54) is 40.8 Å². The molecule has 0 amide bonds. The minimum atomic E-state index is 0.0654. The molecule has 0 unspecified atom stereocenters. The molecule has 90 valence electrons. The van der Waals surface area contributed by atoms with E-state index in [4.69, 9.17) is 5.73 Å². The Labute approximate surface area is 111 Å². The second kappa shape index (κ2) is 5.19. The second-order valence-corrected chi connectivity index (χ2v) is 7.64. The van der Waals surface area contributed by atoms with E-state index in [-0.39, 0.29) is 5.54 Å². The van der Waals surface area contributed by atoms with Gasteiger partial charge in [0, 0.05) is 10.4 Å². The first kappa shape index (κ1) is 12.6. The summed E-state index contributed by atoms with van der Waals surface area (Å²) >= 11 is 5.34. The van der Waals surface area contributed by atoms with Gasteiger partial charge in [0.25, 0.3) is 0 Å². The van der Waals surface area contributed by atoms with E-state index in [0.717, 1.165) is 12.3 Å². The Kier molecular flexibility index (Phi) is 4.09. The lowest BCUT2D eigenvalue weighted by atomic mass is 9.74. The van der Waals surface area contributed by atoms with Crippen LogP contribution in [0.2, 0.25) is 0 Å². The second-order valence-electron chi connectivity index (χ2n) is 5.10. The van der Waals surface area contributed by atoms with Crippen LogP contribution in [0.5, 0.6) is 0 Å². The van der Waals surface area contributed by atoms with Crippen molar-refractivity contribution < 1.29 is 0 Å². The van der Waals surface area contributed by atoms with Crippen molar-refractivity contribution >= 4 is 27.3 Å². The number of hydrogen-bond donors (Lipinski definition) is 1. The fraction of sp³-hybridized carbons (Fsp3) is 0.692. The predicted molar refractivity (Wildman–Crippen MR) is 74.9 cm³/mol. The molecule has 1 aromatic heterocycles. The van der Waals surface area contributed by atoms with Crippen molar-refractivity contribution in [3.63, 3.8) is 0 Å². The van der Waals surface area contributed by atoms with Crippen molar-refractivity contribution in [2.45, 2.75) is 51.0 Å². The molecule has 1 aromatic rings. The van der Waals surface area contributed by atoms with Gasteiger partial charge in [-0.2, -0.15) is 0 Å². The maximum atomic E-state index is 6.51. The quantitative estimate of drug-likeness (QED) is 0.882. The third kappa shape index (κ3) is 3.08. The molecule has 0 radical (unpaired) electrons. The van der Waals surface area contributed by atoms with Crippen LogP contribution in [0.25, 0.3) is 0 Å². The Morgan fingerprint density at radius 3 is 2.62 bits per heavy atom. The summed E-state index contributed by atoms with van der Waals surface area (Å²) in [5, 5.41) is 0. The molecule has 0 atom stereocenters. The summed E-state index contributed by atoms with van der Waals surface area (Å²) in [5.41, 5.74) is 6.57. The Bertz CT molecular complexity index is 339. The number of thiophene rings is 1. The smallest absolute Gasteiger partial charge is 0.0701 e. The van der Waals surface area contributed by atoms with Crippen LogP contribution in [-0.4, -0.2) is 5.54 Å². The first-order chi connectivity index (χ1) is 7.61. The molecule has 2 rings (SSSR count). The molecule has 0 saturated heterocycles. The first-order valence-electron chi connectivity index (χ1n) is 6.14. The Morgan fingerprint density at radius 2 is 2.12 bits per heavy atom. The Balaban J connectivity index is 1.94. The summed E-state index contributed by atoms with van der Waals surface area (Å²) in [4.78, 5) is 1.42. The van der Waals surface area contributed by atoms with Gasteiger partial charge >= 0.3 is 0 Å². The minimum absolute atomic E-state index is 0.0654. The van der Waals surface area contributed by atoms with Gasteiger partial charge < -0.3 is 5.73 Å². The summed E-state index contributed by atoms with van der Waals surface area (Å²) < 4.78 is 1.22. The normalized spacial score (nSPS) is 30.6. The zero-order chi connectivity index (χ0) is 11.6. The molecule has 0 aromatic carbocycles. The molecule has 1 aliphatic rings. The fourth-order valence-corrected chi connectivity index (χ4v) is 4.27. The van der Waals surface area contributed by atoms with E-state index in [9.17, 15) is 0 Å². The molecule has 1 nitrogen and oxygen atoms in total. The molecule has 0 aliphatic heterocycles. The van der Waals surface area contributed by atoms with Crippen molar-refractivity contribution in [1.82, 2.24) is 0 Å². The maximum absolute atomic E-state index is 6.51. The molecular weight excluding hydrogens is 282 g/mol. The van der Waals surface area contributed by atoms with Crippen LogP contribution in [-0.2, 0) is 6.42 Å². The summed E-state index contributed by atoms with van der Waals surface area (Å²) in [6, 6.07) is 4.33. The van der Waals surface area contributed by atoms with Crippen LogP contribution in [0, 0.1) is 5.92 Å². The molecule has 2 N–H and O–H groups in total. The van der Waals surface area contributed by atoms with Gasteiger partial charge in [-0.25, -0.2) is 0 Å². The van der Waals surface area contributed by atoms with Gasteiger partial charge in [-0.05, 0) is 66.1 Å². The third-order valence-corrected chi connectivity index (χ3v) is 5.46. The van der Waals surface area contributed by atoms with Crippen molar-refractivity contribution in [1.29, 1.82) is 0 Å². The molecule has 0 spiro atoms. The van der Waals surface area contributed by atoms with E-state index in [2.05, 4.69) is 35.0 Å². The summed E-state index contributed by atoms with van der Waals surface area (Å²) in [6.45, 7) is 2.30. The van der Waals surface area contributed by atoms with Gasteiger partial charge in [0.15, 0.2) is 0 Å². The molecule has 1 aliphatic carbocycles. The summed E-state index contributed by atoms with van der Waals surface area (Å²) in [7, 11) is 0. The molecule has 3 heteroatoms. The number of nitrogens with two attached hydrogens (primary N) is 1. The monoisotopic (exact) mass is 301 g/mol. The average molecular weight is 302 g/mol. The molecule has 0 bridgehead atoms. The van der Waals surface area contributed by atoms with E-state index in [1.807, 2.05) is 11.3 Å². The lowest BCUT2D eigenvalue weighted by Gasteiger charge is -2.36. The fourth-order valence-electron chi connectivity index (χ4n) is 2.63. The van der Waals surface area contributed by atoms with Crippen molar-refractivity contribution in [3.8, 4) is 0 Å². The van der Waals surface area contributed by atoms with Crippen LogP contribution < -0.4 is 5.73 Å². The van der Waals surface area contributed by atoms with E-state index in [1.54, 1.807) is 0 Å². The van der Waals surface area contributed by atoms with Crippen LogP contribution in [0.3, 0.4) is 0 Å². The van der Waals surface area contributed by atoms with Gasteiger partial charge in [0.2, 0.25) is 0 Å². The third-order valence-electron chi connectivity index (χ3n) is 3.83. The summed E-state index contributed by atoms with van der Waals surface area (Å²) in [5.74, 6) is 0.923. The van der Waals surface area contributed by atoms with Crippen LogP contribution >= 0.6 is 27.3 Å². The predicted octanol–water partition coefficient (Wildman–Crippen LogP) is 4.35. The zero-order valence-electron chi connectivity index (χ0n) is 9.84. The number of halogens is 1. The van der Waals surface area contributed by atoms with E-state index in [0.29, 0.717) is 0 Å². The molecule has 1 heterocycles. The van der Waals surface area contributed by atoms with E-state index >= 15 is 0 Å². The molecule has 1 fully saturated rings. The van der Waals surface area contributed by atoms with Gasteiger partial charge in [-0.15, -0.1) is 11.3 Å². The zero-order valence-corrected chi connectivity index (χ0v) is 12.2.